The van der Waals surface area contributed by atoms with Gasteiger partial charge in [0.2, 0.25) is 5.90 Å². The molecule has 1 aliphatic rings. The fraction of sp³-hybridized carbons (Fsp3) is 0.0833. The van der Waals surface area contributed by atoms with Crippen molar-refractivity contribution in [2.45, 2.75) is 6.61 Å². The number of halogens is 2. The van der Waals surface area contributed by atoms with E-state index in [1.54, 1.807) is 25.3 Å². The molecule has 0 N–H and O–H groups in total. The maximum Gasteiger partial charge on any atom is 0.363 e. The van der Waals surface area contributed by atoms with E-state index in [0.29, 0.717) is 23.1 Å². The highest BCUT2D eigenvalue weighted by Gasteiger charge is 2.24. The number of nitrogens with zero attached hydrogens (tertiary/aromatic N) is 1. The first-order valence-corrected chi connectivity index (χ1v) is 10.5. The summed E-state index contributed by atoms with van der Waals surface area (Å²) in [5.41, 5.74) is 2.54. The summed E-state index contributed by atoms with van der Waals surface area (Å²) in [5, 5.41) is 0.641. The molecule has 0 fully saturated rings. The lowest BCUT2D eigenvalue weighted by atomic mass is 10.1. The van der Waals surface area contributed by atoms with E-state index < -0.39 is 5.97 Å². The van der Waals surface area contributed by atoms with Crippen LogP contribution in [-0.2, 0) is 16.1 Å². The van der Waals surface area contributed by atoms with Crippen LogP contribution in [0.15, 0.2) is 81.9 Å². The summed E-state index contributed by atoms with van der Waals surface area (Å²) in [6.45, 7) is 0.309. The number of rotatable bonds is 6. The molecular formula is C24H17BrClNO4. The Labute approximate surface area is 193 Å². The van der Waals surface area contributed by atoms with Gasteiger partial charge in [-0.3, -0.25) is 0 Å². The van der Waals surface area contributed by atoms with Gasteiger partial charge in [0.25, 0.3) is 0 Å². The number of carbonyl (C=O) groups is 1. The smallest absolute Gasteiger partial charge is 0.363 e. The van der Waals surface area contributed by atoms with Gasteiger partial charge < -0.3 is 14.2 Å². The largest absolute Gasteiger partial charge is 0.493 e. The van der Waals surface area contributed by atoms with Gasteiger partial charge in [0.15, 0.2) is 17.2 Å². The molecule has 1 aliphatic heterocycles. The third-order valence-electron chi connectivity index (χ3n) is 4.54. The lowest BCUT2D eigenvalue weighted by Crippen LogP contribution is -2.05. The maximum atomic E-state index is 12.3. The Hall–Kier alpha value is -3.09. The topological polar surface area (TPSA) is 57.1 Å². The zero-order valence-electron chi connectivity index (χ0n) is 16.5. The van der Waals surface area contributed by atoms with Crippen molar-refractivity contribution in [3.63, 3.8) is 0 Å². The van der Waals surface area contributed by atoms with Gasteiger partial charge in [-0.25, -0.2) is 9.79 Å². The molecule has 0 aliphatic carbocycles. The van der Waals surface area contributed by atoms with Gasteiger partial charge in [-0.1, -0.05) is 51.8 Å². The molecule has 156 valence electrons. The van der Waals surface area contributed by atoms with Gasteiger partial charge in [-0.15, -0.1) is 0 Å². The summed E-state index contributed by atoms with van der Waals surface area (Å²) in [7, 11) is 1.56. The molecule has 0 saturated heterocycles. The van der Waals surface area contributed by atoms with Crippen molar-refractivity contribution < 1.29 is 19.0 Å². The Morgan fingerprint density at radius 1 is 1.06 bits per heavy atom. The van der Waals surface area contributed by atoms with Crippen LogP contribution in [0.25, 0.3) is 6.08 Å². The monoisotopic (exact) mass is 497 g/mol. The van der Waals surface area contributed by atoms with E-state index in [0.717, 1.165) is 21.2 Å². The normalized spacial score (nSPS) is 14.4. The van der Waals surface area contributed by atoms with E-state index in [2.05, 4.69) is 20.9 Å². The average Bonchev–Trinajstić information content (AvgIpc) is 3.14. The predicted octanol–water partition coefficient (Wildman–Crippen LogP) is 6.03. The fourth-order valence-electron chi connectivity index (χ4n) is 2.95. The summed E-state index contributed by atoms with van der Waals surface area (Å²) in [5.74, 6) is 0.869. The first-order valence-electron chi connectivity index (χ1n) is 9.36. The van der Waals surface area contributed by atoms with Crippen LogP contribution in [0.1, 0.15) is 16.7 Å². The zero-order chi connectivity index (χ0) is 21.8. The van der Waals surface area contributed by atoms with Crippen molar-refractivity contribution >= 4 is 45.5 Å². The SMILES string of the molecule is COc1cc(/C=C2\N=C(c3ccc(Br)cc3)OC2=O)ccc1OCc1ccccc1Cl. The first-order chi connectivity index (χ1) is 15.0. The highest BCUT2D eigenvalue weighted by atomic mass is 79.9. The molecule has 0 amide bonds. The number of methoxy groups -OCH3 is 1. The van der Waals surface area contributed by atoms with Crippen LogP contribution in [0.2, 0.25) is 5.02 Å². The second-order valence-corrected chi connectivity index (χ2v) is 7.96. The summed E-state index contributed by atoms with van der Waals surface area (Å²) >= 11 is 9.57. The van der Waals surface area contributed by atoms with Gasteiger partial charge in [0, 0.05) is 20.6 Å². The number of hydrogen-bond acceptors (Lipinski definition) is 5. The van der Waals surface area contributed by atoms with Crippen LogP contribution in [0.5, 0.6) is 11.5 Å². The van der Waals surface area contributed by atoms with Crippen LogP contribution < -0.4 is 9.47 Å². The molecule has 7 heteroatoms. The second kappa shape index (κ2) is 9.37. The highest BCUT2D eigenvalue weighted by Crippen LogP contribution is 2.31. The summed E-state index contributed by atoms with van der Waals surface area (Å²) in [6.07, 6.45) is 1.65. The second-order valence-electron chi connectivity index (χ2n) is 6.63. The first kappa shape index (κ1) is 21.2. The van der Waals surface area contributed by atoms with Gasteiger partial charge in [-0.05, 0) is 54.1 Å². The Bertz CT molecular complexity index is 1190. The van der Waals surface area contributed by atoms with E-state index in [1.165, 1.54) is 0 Å². The molecule has 1 heterocycles. The van der Waals surface area contributed by atoms with Crippen LogP contribution in [0, 0.1) is 0 Å². The summed E-state index contributed by atoms with van der Waals surface area (Å²) in [6, 6.07) is 20.2. The summed E-state index contributed by atoms with van der Waals surface area (Å²) in [4.78, 5) is 16.6. The van der Waals surface area contributed by atoms with Gasteiger partial charge >= 0.3 is 5.97 Å². The molecule has 3 aromatic rings. The van der Waals surface area contributed by atoms with Crippen LogP contribution in [0.3, 0.4) is 0 Å². The summed E-state index contributed by atoms with van der Waals surface area (Å²) < 4.78 is 17.6. The average molecular weight is 499 g/mol. The predicted molar refractivity (Wildman–Crippen MR) is 124 cm³/mol. The van der Waals surface area contributed by atoms with E-state index in [9.17, 15) is 4.79 Å². The molecule has 3 aromatic carbocycles. The van der Waals surface area contributed by atoms with E-state index in [4.69, 9.17) is 25.8 Å². The molecular weight excluding hydrogens is 482 g/mol. The number of carbonyl (C=O) groups excluding carboxylic acids is 1. The Balaban J connectivity index is 1.54. The van der Waals surface area contributed by atoms with Gasteiger partial charge in [0.1, 0.15) is 6.61 Å². The minimum atomic E-state index is -0.504. The third kappa shape index (κ3) is 4.98. The van der Waals surface area contributed by atoms with E-state index in [1.807, 2.05) is 54.6 Å². The number of benzene rings is 3. The van der Waals surface area contributed by atoms with Crippen molar-refractivity contribution in [1.29, 1.82) is 0 Å². The molecule has 0 atom stereocenters. The lowest BCUT2D eigenvalue weighted by molar-refractivity contribution is -0.129. The van der Waals surface area contributed by atoms with Gasteiger partial charge in [-0.2, -0.15) is 0 Å². The number of esters is 1. The van der Waals surface area contributed by atoms with Crippen molar-refractivity contribution in [2.75, 3.05) is 7.11 Å². The molecule has 0 bridgehead atoms. The Morgan fingerprint density at radius 3 is 2.58 bits per heavy atom. The number of cyclic esters (lactones) is 1. The third-order valence-corrected chi connectivity index (χ3v) is 5.44. The van der Waals surface area contributed by atoms with Crippen molar-refractivity contribution in [1.82, 2.24) is 0 Å². The maximum absolute atomic E-state index is 12.3. The molecule has 0 saturated carbocycles. The van der Waals surface area contributed by atoms with Crippen molar-refractivity contribution in [3.8, 4) is 11.5 Å². The van der Waals surface area contributed by atoms with Crippen molar-refractivity contribution in [3.05, 3.63) is 98.6 Å². The molecule has 31 heavy (non-hydrogen) atoms. The Kier molecular flexibility index (Phi) is 6.39. The zero-order valence-corrected chi connectivity index (χ0v) is 18.8. The van der Waals surface area contributed by atoms with Crippen molar-refractivity contribution in [2.24, 2.45) is 4.99 Å². The minimum absolute atomic E-state index is 0.213. The number of aliphatic imine (C=N–C) groups is 1. The Morgan fingerprint density at radius 2 is 1.84 bits per heavy atom. The standard InChI is InChI=1S/C24H17BrClNO4/c1-29-22-13-15(6-11-21(22)30-14-17-4-2-3-5-19(17)26)12-20-24(28)31-23(27-20)16-7-9-18(25)10-8-16/h2-13H,14H2,1H3/b20-12-. The number of ether oxygens (including phenoxy) is 3. The molecule has 4 rings (SSSR count). The molecule has 5 nitrogen and oxygen atoms in total. The number of hydrogen-bond donors (Lipinski definition) is 0. The molecule has 0 aromatic heterocycles. The van der Waals surface area contributed by atoms with Crippen LogP contribution in [0.4, 0.5) is 0 Å². The fourth-order valence-corrected chi connectivity index (χ4v) is 3.40. The minimum Gasteiger partial charge on any atom is -0.493 e. The highest BCUT2D eigenvalue weighted by molar-refractivity contribution is 9.10. The molecule has 0 radical (unpaired) electrons. The lowest BCUT2D eigenvalue weighted by Gasteiger charge is -2.12. The van der Waals surface area contributed by atoms with Crippen LogP contribution >= 0.6 is 27.5 Å². The molecule has 0 spiro atoms. The quantitative estimate of drug-likeness (QED) is 0.307. The van der Waals surface area contributed by atoms with Gasteiger partial charge in [0.05, 0.1) is 7.11 Å². The molecule has 0 unspecified atom stereocenters. The van der Waals surface area contributed by atoms with E-state index >= 15 is 0 Å². The van der Waals surface area contributed by atoms with Crippen LogP contribution in [-0.4, -0.2) is 19.0 Å². The van der Waals surface area contributed by atoms with E-state index in [-0.39, 0.29) is 11.6 Å².